The number of hydrogen-bond acceptors (Lipinski definition) is 3. The molecule has 0 fully saturated rings. The molecule has 6 heteroatoms. The van der Waals surface area contributed by atoms with Crippen molar-refractivity contribution >= 4 is 34.0 Å². The van der Waals surface area contributed by atoms with E-state index < -0.39 is 0 Å². The Labute approximate surface area is 141 Å². The Balaban J connectivity index is 1.82. The van der Waals surface area contributed by atoms with Gasteiger partial charge >= 0.3 is 0 Å². The highest BCUT2D eigenvalue weighted by atomic mass is 35.5. The standard InChI is InChI=1S/C17H12ClFN2OS/c1-10-15(11-4-8-14(19)9-5-11)20-17(23-10)21-16(22)12-2-6-13(18)7-3-12/h2-9H,1H3,(H,20,21,22). The minimum atomic E-state index is -0.294. The van der Waals surface area contributed by atoms with Gasteiger partial charge in [-0.1, -0.05) is 11.6 Å². The number of amides is 1. The Hall–Kier alpha value is -2.24. The van der Waals surface area contributed by atoms with Crippen molar-refractivity contribution in [3.63, 3.8) is 0 Å². The minimum Gasteiger partial charge on any atom is -0.298 e. The lowest BCUT2D eigenvalue weighted by molar-refractivity contribution is 0.102. The molecule has 3 rings (SSSR count). The zero-order chi connectivity index (χ0) is 16.4. The van der Waals surface area contributed by atoms with Crippen LogP contribution < -0.4 is 5.32 Å². The van der Waals surface area contributed by atoms with Crippen molar-refractivity contribution in [2.45, 2.75) is 6.92 Å². The number of aryl methyl sites for hydroxylation is 1. The zero-order valence-electron chi connectivity index (χ0n) is 12.1. The lowest BCUT2D eigenvalue weighted by atomic mass is 10.1. The van der Waals surface area contributed by atoms with E-state index in [-0.39, 0.29) is 11.7 Å². The Morgan fingerprint density at radius 3 is 2.43 bits per heavy atom. The molecule has 0 aliphatic heterocycles. The van der Waals surface area contributed by atoms with Crippen molar-refractivity contribution in [3.8, 4) is 11.3 Å². The van der Waals surface area contributed by atoms with Crippen molar-refractivity contribution in [3.05, 3.63) is 69.8 Å². The predicted octanol–water partition coefficient (Wildman–Crippen LogP) is 5.16. The highest BCUT2D eigenvalue weighted by Gasteiger charge is 2.13. The van der Waals surface area contributed by atoms with E-state index in [4.69, 9.17) is 11.6 Å². The first-order chi connectivity index (χ1) is 11.0. The molecule has 0 saturated heterocycles. The minimum absolute atomic E-state index is 0.249. The van der Waals surface area contributed by atoms with Crippen LogP contribution in [0.4, 0.5) is 9.52 Å². The summed E-state index contributed by atoms with van der Waals surface area (Å²) < 4.78 is 13.0. The normalized spacial score (nSPS) is 10.6. The van der Waals surface area contributed by atoms with Crippen molar-refractivity contribution in [2.75, 3.05) is 5.32 Å². The molecule has 0 unspecified atom stereocenters. The molecular formula is C17H12ClFN2OS. The number of carbonyl (C=O) groups is 1. The molecule has 0 aliphatic rings. The first kappa shape index (κ1) is 15.6. The van der Waals surface area contributed by atoms with E-state index in [1.165, 1.54) is 23.5 Å². The molecule has 0 bridgehead atoms. The molecule has 1 amide bonds. The summed E-state index contributed by atoms with van der Waals surface area (Å²) in [6.07, 6.45) is 0. The van der Waals surface area contributed by atoms with Gasteiger partial charge in [-0.2, -0.15) is 0 Å². The number of hydrogen-bond donors (Lipinski definition) is 1. The van der Waals surface area contributed by atoms with Gasteiger partial charge in [0.05, 0.1) is 5.69 Å². The second-order valence-corrected chi connectivity index (χ2v) is 6.53. The van der Waals surface area contributed by atoms with Crippen LogP contribution in [-0.2, 0) is 0 Å². The van der Waals surface area contributed by atoms with Gasteiger partial charge in [0, 0.05) is 21.0 Å². The van der Waals surface area contributed by atoms with E-state index in [0.29, 0.717) is 15.7 Å². The Kier molecular flexibility index (Phi) is 4.41. The maximum Gasteiger partial charge on any atom is 0.257 e. The molecule has 0 saturated carbocycles. The summed E-state index contributed by atoms with van der Waals surface area (Å²) >= 11 is 7.19. The van der Waals surface area contributed by atoms with Gasteiger partial charge in [0.25, 0.3) is 5.91 Å². The number of thiazole rings is 1. The number of carbonyl (C=O) groups excluding carboxylic acids is 1. The monoisotopic (exact) mass is 346 g/mol. The molecular weight excluding hydrogens is 335 g/mol. The number of halogens is 2. The van der Waals surface area contributed by atoms with Gasteiger partial charge in [0.1, 0.15) is 5.82 Å². The molecule has 0 atom stereocenters. The van der Waals surface area contributed by atoms with Gasteiger partial charge in [-0.25, -0.2) is 9.37 Å². The van der Waals surface area contributed by atoms with E-state index in [1.54, 1.807) is 36.4 Å². The van der Waals surface area contributed by atoms with Crippen LogP contribution in [0, 0.1) is 12.7 Å². The van der Waals surface area contributed by atoms with Crippen LogP contribution in [0.1, 0.15) is 15.2 Å². The third kappa shape index (κ3) is 3.57. The van der Waals surface area contributed by atoms with Gasteiger partial charge < -0.3 is 0 Å². The largest absolute Gasteiger partial charge is 0.298 e. The van der Waals surface area contributed by atoms with E-state index in [2.05, 4.69) is 10.3 Å². The fraction of sp³-hybridized carbons (Fsp3) is 0.0588. The summed E-state index contributed by atoms with van der Waals surface area (Å²) in [6.45, 7) is 1.91. The predicted molar refractivity (Wildman–Crippen MR) is 91.7 cm³/mol. The molecule has 0 spiro atoms. The van der Waals surface area contributed by atoms with Gasteiger partial charge in [-0.3, -0.25) is 10.1 Å². The summed E-state index contributed by atoms with van der Waals surface area (Å²) in [5.74, 6) is -0.543. The third-order valence-corrected chi connectivity index (χ3v) is 4.38. The smallest absolute Gasteiger partial charge is 0.257 e. The fourth-order valence-electron chi connectivity index (χ4n) is 2.10. The maximum absolute atomic E-state index is 13.0. The van der Waals surface area contributed by atoms with Gasteiger partial charge in [0.15, 0.2) is 5.13 Å². The number of nitrogens with zero attached hydrogens (tertiary/aromatic N) is 1. The second kappa shape index (κ2) is 6.48. The summed E-state index contributed by atoms with van der Waals surface area (Å²) in [5.41, 5.74) is 2.05. The fourth-order valence-corrected chi connectivity index (χ4v) is 3.05. The van der Waals surface area contributed by atoms with Crippen LogP contribution in [-0.4, -0.2) is 10.9 Å². The van der Waals surface area contributed by atoms with Crippen molar-refractivity contribution in [1.29, 1.82) is 0 Å². The SMILES string of the molecule is Cc1sc(NC(=O)c2ccc(Cl)cc2)nc1-c1ccc(F)cc1. The van der Waals surface area contributed by atoms with Crippen LogP contribution in [0.5, 0.6) is 0 Å². The van der Waals surface area contributed by atoms with Crippen molar-refractivity contribution < 1.29 is 9.18 Å². The molecule has 3 nitrogen and oxygen atoms in total. The Bertz CT molecular complexity index is 844. The van der Waals surface area contributed by atoms with Gasteiger partial charge in [-0.05, 0) is 55.5 Å². The van der Waals surface area contributed by atoms with E-state index in [1.807, 2.05) is 6.92 Å². The first-order valence-electron chi connectivity index (χ1n) is 6.83. The lowest BCUT2D eigenvalue weighted by Crippen LogP contribution is -2.11. The Morgan fingerprint density at radius 2 is 1.78 bits per heavy atom. The summed E-state index contributed by atoms with van der Waals surface area (Å²) in [7, 11) is 0. The van der Waals surface area contributed by atoms with Crippen LogP contribution in [0.15, 0.2) is 48.5 Å². The average molecular weight is 347 g/mol. The molecule has 0 radical (unpaired) electrons. The highest BCUT2D eigenvalue weighted by molar-refractivity contribution is 7.16. The molecule has 23 heavy (non-hydrogen) atoms. The van der Waals surface area contributed by atoms with Gasteiger partial charge in [0.2, 0.25) is 0 Å². The average Bonchev–Trinajstić information content (AvgIpc) is 2.89. The van der Waals surface area contributed by atoms with Crippen LogP contribution in [0.25, 0.3) is 11.3 Å². The van der Waals surface area contributed by atoms with E-state index in [9.17, 15) is 9.18 Å². The molecule has 3 aromatic rings. The third-order valence-electron chi connectivity index (χ3n) is 3.24. The molecule has 1 aromatic heterocycles. The number of anilines is 1. The number of aromatic nitrogens is 1. The van der Waals surface area contributed by atoms with Crippen LogP contribution in [0.3, 0.4) is 0 Å². The second-order valence-electron chi connectivity index (χ2n) is 4.89. The van der Waals surface area contributed by atoms with Crippen molar-refractivity contribution in [2.24, 2.45) is 0 Å². The number of rotatable bonds is 3. The quantitative estimate of drug-likeness (QED) is 0.711. The number of nitrogens with one attached hydrogen (secondary N) is 1. The summed E-state index contributed by atoms with van der Waals surface area (Å²) in [4.78, 5) is 17.6. The van der Waals surface area contributed by atoms with Crippen LogP contribution in [0.2, 0.25) is 5.02 Å². The first-order valence-corrected chi connectivity index (χ1v) is 8.02. The van der Waals surface area contributed by atoms with Gasteiger partial charge in [-0.15, -0.1) is 11.3 Å². The van der Waals surface area contributed by atoms with E-state index in [0.717, 1.165) is 16.1 Å². The van der Waals surface area contributed by atoms with Crippen molar-refractivity contribution in [1.82, 2.24) is 4.98 Å². The molecule has 1 N–H and O–H groups in total. The topological polar surface area (TPSA) is 42.0 Å². The van der Waals surface area contributed by atoms with E-state index >= 15 is 0 Å². The zero-order valence-corrected chi connectivity index (χ0v) is 13.7. The lowest BCUT2D eigenvalue weighted by Gasteiger charge is -2.01. The Morgan fingerprint density at radius 1 is 1.13 bits per heavy atom. The maximum atomic E-state index is 13.0. The summed E-state index contributed by atoms with van der Waals surface area (Å²) in [5, 5.41) is 3.85. The number of benzene rings is 2. The molecule has 0 aliphatic carbocycles. The van der Waals surface area contributed by atoms with Crippen LogP contribution >= 0.6 is 22.9 Å². The summed E-state index contributed by atoms with van der Waals surface area (Å²) in [6, 6.07) is 12.7. The highest BCUT2D eigenvalue weighted by Crippen LogP contribution is 2.30. The molecule has 2 aromatic carbocycles. The molecule has 1 heterocycles. The molecule has 116 valence electrons.